The van der Waals surface area contributed by atoms with E-state index < -0.39 is 8.56 Å². The van der Waals surface area contributed by atoms with Crippen molar-refractivity contribution in [1.29, 1.82) is 0 Å². The van der Waals surface area contributed by atoms with Gasteiger partial charge in [0.2, 0.25) is 0 Å². The van der Waals surface area contributed by atoms with Crippen molar-refractivity contribution in [3.05, 3.63) is 0 Å². The summed E-state index contributed by atoms with van der Waals surface area (Å²) in [6.45, 7) is 7.54. The summed E-state index contributed by atoms with van der Waals surface area (Å²) in [4.78, 5) is 10.7. The van der Waals surface area contributed by atoms with Crippen LogP contribution in [0.15, 0.2) is 0 Å². The van der Waals surface area contributed by atoms with Crippen LogP contribution in [0.4, 0.5) is 0 Å². The van der Waals surface area contributed by atoms with E-state index in [-0.39, 0.29) is 5.12 Å². The lowest BCUT2D eigenvalue weighted by atomic mass is 10.2. The predicted molar refractivity (Wildman–Crippen MR) is 65.2 cm³/mol. The fourth-order valence-electron chi connectivity index (χ4n) is 1.48. The Labute approximate surface area is 97.2 Å². The van der Waals surface area contributed by atoms with Gasteiger partial charge in [-0.15, -0.1) is 0 Å². The van der Waals surface area contributed by atoms with Crippen LogP contribution in [0.3, 0.4) is 0 Å². The van der Waals surface area contributed by atoms with Gasteiger partial charge in [-0.1, -0.05) is 18.7 Å². The third kappa shape index (κ3) is 5.15. The Morgan fingerprint density at radius 1 is 1.47 bits per heavy atom. The van der Waals surface area contributed by atoms with Crippen molar-refractivity contribution >= 4 is 25.4 Å². The Morgan fingerprint density at radius 3 is 2.60 bits per heavy atom. The molecule has 0 spiro atoms. The minimum Gasteiger partial charge on any atom is -0.394 e. The zero-order valence-electron chi connectivity index (χ0n) is 9.75. The normalized spacial score (nSPS) is 31.5. The smallest absolute Gasteiger partial charge is 0.334 e. The Bertz CT molecular complexity index is 215. The molecule has 1 aliphatic rings. The lowest BCUT2D eigenvalue weighted by molar-refractivity contribution is -0.109. The molecule has 0 aromatic carbocycles. The number of rotatable bonds is 4. The van der Waals surface area contributed by atoms with E-state index >= 15 is 0 Å². The third-order valence-electron chi connectivity index (χ3n) is 2.43. The quantitative estimate of drug-likeness (QED) is 0.565. The summed E-state index contributed by atoms with van der Waals surface area (Å²) < 4.78 is 11.6. The highest BCUT2D eigenvalue weighted by molar-refractivity contribution is 8.13. The highest BCUT2D eigenvalue weighted by atomic mass is 32.2. The first kappa shape index (κ1) is 13.2. The molecule has 0 unspecified atom stereocenters. The van der Waals surface area contributed by atoms with E-state index in [0.717, 1.165) is 31.4 Å². The first-order valence-corrected chi connectivity index (χ1v) is 8.94. The molecule has 0 N–H and O–H groups in total. The van der Waals surface area contributed by atoms with Crippen LogP contribution in [0.1, 0.15) is 20.3 Å². The summed E-state index contributed by atoms with van der Waals surface area (Å²) in [7, 11) is -1.88. The molecule has 5 heteroatoms. The van der Waals surface area contributed by atoms with E-state index in [2.05, 4.69) is 13.5 Å². The average Bonchev–Trinajstić information content (AvgIpc) is 2.18. The largest absolute Gasteiger partial charge is 0.394 e. The van der Waals surface area contributed by atoms with Gasteiger partial charge in [-0.3, -0.25) is 4.79 Å². The van der Waals surface area contributed by atoms with E-state index in [4.69, 9.17) is 8.85 Å². The minimum absolute atomic E-state index is 0.195. The Balaban J connectivity index is 2.16. The Morgan fingerprint density at radius 2 is 2.07 bits per heavy atom. The van der Waals surface area contributed by atoms with Gasteiger partial charge in [0.15, 0.2) is 5.12 Å². The summed E-state index contributed by atoms with van der Waals surface area (Å²) in [5.74, 6) is 1.41. The molecule has 0 aliphatic carbocycles. The van der Waals surface area contributed by atoms with Crippen molar-refractivity contribution in [2.24, 2.45) is 5.92 Å². The lowest BCUT2D eigenvalue weighted by Crippen LogP contribution is -2.45. The first-order chi connectivity index (χ1) is 7.02. The van der Waals surface area contributed by atoms with Crippen molar-refractivity contribution < 1.29 is 13.6 Å². The maximum atomic E-state index is 10.7. The van der Waals surface area contributed by atoms with Crippen LogP contribution in [0.5, 0.6) is 0 Å². The first-order valence-electron chi connectivity index (χ1n) is 5.43. The minimum atomic E-state index is -1.88. The van der Waals surface area contributed by atoms with E-state index in [9.17, 15) is 4.79 Å². The standard InChI is InChI=1S/C10H20O3SSi/c1-9-7-12-15(3,13-8-9)6-4-5-14-10(2)11/h9H,4-8H2,1-3H3. The number of hydrogen-bond donors (Lipinski definition) is 0. The van der Waals surface area contributed by atoms with Crippen LogP contribution in [0, 0.1) is 5.92 Å². The number of thioether (sulfide) groups is 1. The number of hydrogen-bond acceptors (Lipinski definition) is 4. The summed E-state index contributed by atoms with van der Waals surface area (Å²) >= 11 is 1.39. The Hall–Kier alpha value is 0.157. The Kier molecular flexibility index (Phi) is 5.32. The molecule has 0 aromatic heterocycles. The summed E-state index contributed by atoms with van der Waals surface area (Å²) in [6.07, 6.45) is 1.02. The topological polar surface area (TPSA) is 35.5 Å². The second kappa shape index (κ2) is 6.03. The third-order valence-corrected chi connectivity index (χ3v) is 6.14. The van der Waals surface area contributed by atoms with E-state index in [0.29, 0.717) is 5.92 Å². The van der Waals surface area contributed by atoms with Crippen molar-refractivity contribution in [1.82, 2.24) is 0 Å². The molecule has 0 saturated carbocycles. The van der Waals surface area contributed by atoms with Crippen LogP contribution in [-0.4, -0.2) is 32.6 Å². The average molecular weight is 248 g/mol. The highest BCUT2D eigenvalue weighted by Gasteiger charge is 2.35. The highest BCUT2D eigenvalue weighted by Crippen LogP contribution is 2.23. The maximum absolute atomic E-state index is 10.7. The molecule has 1 fully saturated rings. The van der Waals surface area contributed by atoms with Gasteiger partial charge in [0.1, 0.15) is 0 Å². The van der Waals surface area contributed by atoms with Crippen molar-refractivity contribution in [3.8, 4) is 0 Å². The van der Waals surface area contributed by atoms with E-state index in [1.165, 1.54) is 11.8 Å². The fourth-order valence-corrected chi connectivity index (χ4v) is 4.78. The zero-order valence-corrected chi connectivity index (χ0v) is 11.6. The summed E-state index contributed by atoms with van der Waals surface area (Å²) in [6, 6.07) is 1.00. The maximum Gasteiger partial charge on any atom is 0.334 e. The molecule has 0 radical (unpaired) electrons. The van der Waals surface area contributed by atoms with Gasteiger partial charge in [0.25, 0.3) is 0 Å². The van der Waals surface area contributed by atoms with Crippen LogP contribution < -0.4 is 0 Å². The van der Waals surface area contributed by atoms with E-state index in [1.807, 2.05) is 0 Å². The molecular formula is C10H20O3SSi. The summed E-state index contributed by atoms with van der Waals surface area (Å²) in [5.41, 5.74) is 0. The van der Waals surface area contributed by atoms with E-state index in [1.54, 1.807) is 6.92 Å². The van der Waals surface area contributed by atoms with Gasteiger partial charge in [-0.05, 0) is 19.0 Å². The van der Waals surface area contributed by atoms with Crippen LogP contribution >= 0.6 is 11.8 Å². The monoisotopic (exact) mass is 248 g/mol. The molecule has 0 atom stereocenters. The van der Waals surface area contributed by atoms with Crippen LogP contribution in [0.2, 0.25) is 12.6 Å². The molecular weight excluding hydrogens is 228 g/mol. The molecule has 3 nitrogen and oxygen atoms in total. The lowest BCUT2D eigenvalue weighted by Gasteiger charge is -2.34. The second-order valence-electron chi connectivity index (χ2n) is 4.30. The number of carbonyl (C=O) groups excluding carboxylic acids is 1. The molecule has 0 bridgehead atoms. The number of carbonyl (C=O) groups is 1. The molecule has 0 aromatic rings. The molecule has 88 valence electrons. The summed E-state index contributed by atoms with van der Waals surface area (Å²) in [5, 5.41) is 0.195. The predicted octanol–water partition coefficient (Wildman–Crippen LogP) is 2.41. The molecule has 1 aliphatic heterocycles. The van der Waals surface area contributed by atoms with Gasteiger partial charge in [-0.2, -0.15) is 0 Å². The zero-order chi connectivity index (χ0) is 11.3. The van der Waals surface area contributed by atoms with Gasteiger partial charge in [0, 0.05) is 31.8 Å². The fraction of sp³-hybridized carbons (Fsp3) is 0.900. The molecule has 1 saturated heterocycles. The van der Waals surface area contributed by atoms with Gasteiger partial charge in [0.05, 0.1) is 0 Å². The van der Waals surface area contributed by atoms with Crippen molar-refractivity contribution in [3.63, 3.8) is 0 Å². The molecule has 0 amide bonds. The molecule has 1 rings (SSSR count). The van der Waals surface area contributed by atoms with Crippen molar-refractivity contribution in [2.75, 3.05) is 19.0 Å². The molecule has 1 heterocycles. The van der Waals surface area contributed by atoms with Gasteiger partial charge in [-0.25, -0.2) is 0 Å². The second-order valence-corrected chi connectivity index (χ2v) is 8.92. The van der Waals surface area contributed by atoms with Crippen molar-refractivity contribution in [2.45, 2.75) is 32.9 Å². The van der Waals surface area contributed by atoms with Gasteiger partial charge >= 0.3 is 8.56 Å². The molecule has 15 heavy (non-hydrogen) atoms. The SMILES string of the molecule is CC(=O)SCCC[Si]1(C)OCC(C)CO1. The van der Waals surface area contributed by atoms with Crippen LogP contribution in [-0.2, 0) is 13.6 Å². The van der Waals surface area contributed by atoms with Crippen LogP contribution in [0.25, 0.3) is 0 Å². The van der Waals surface area contributed by atoms with Gasteiger partial charge < -0.3 is 8.85 Å².